The standard InChI is InChI=1S/C17H14ClFO3/c1-17(8-10-2-4-13(18)14(19)6-10)9-12-7-11(16(20)21)3-5-15(12)22-17/h2-7H,8-9H2,1H3,(H,20,21). The lowest BCUT2D eigenvalue weighted by Gasteiger charge is -2.24. The van der Waals surface area contributed by atoms with Crippen LogP contribution in [0.1, 0.15) is 28.4 Å². The Balaban J connectivity index is 1.83. The molecule has 3 nitrogen and oxygen atoms in total. The minimum atomic E-state index is -0.962. The predicted molar refractivity (Wildman–Crippen MR) is 81.3 cm³/mol. The first-order valence-corrected chi connectivity index (χ1v) is 7.23. The summed E-state index contributed by atoms with van der Waals surface area (Å²) in [5, 5.41) is 9.14. The van der Waals surface area contributed by atoms with Gasteiger partial charge in [0.05, 0.1) is 10.6 Å². The number of ether oxygens (including phenoxy) is 1. The largest absolute Gasteiger partial charge is 0.487 e. The molecule has 0 saturated carbocycles. The van der Waals surface area contributed by atoms with Crippen LogP contribution in [-0.2, 0) is 12.8 Å². The van der Waals surface area contributed by atoms with E-state index in [2.05, 4.69) is 0 Å². The molecular weight excluding hydrogens is 307 g/mol. The van der Waals surface area contributed by atoms with Gasteiger partial charge in [-0.2, -0.15) is 0 Å². The molecule has 1 aliphatic heterocycles. The van der Waals surface area contributed by atoms with Gasteiger partial charge in [0.25, 0.3) is 0 Å². The molecule has 3 rings (SSSR count). The summed E-state index contributed by atoms with van der Waals surface area (Å²) in [6.45, 7) is 1.93. The van der Waals surface area contributed by atoms with Crippen LogP contribution in [0.5, 0.6) is 5.75 Å². The van der Waals surface area contributed by atoms with E-state index in [1.54, 1.807) is 18.2 Å². The van der Waals surface area contributed by atoms with Crippen molar-refractivity contribution in [3.63, 3.8) is 0 Å². The first-order chi connectivity index (χ1) is 10.4. The van der Waals surface area contributed by atoms with E-state index >= 15 is 0 Å². The van der Waals surface area contributed by atoms with Crippen LogP contribution in [0.2, 0.25) is 5.02 Å². The number of fused-ring (bicyclic) bond motifs is 1. The SMILES string of the molecule is CC1(Cc2ccc(Cl)c(F)c2)Cc2cc(C(=O)O)ccc2O1. The summed E-state index contributed by atoms with van der Waals surface area (Å²) in [6, 6.07) is 9.53. The van der Waals surface area contributed by atoms with Crippen LogP contribution in [0.3, 0.4) is 0 Å². The molecule has 1 atom stereocenters. The number of rotatable bonds is 3. The van der Waals surface area contributed by atoms with Crippen LogP contribution in [-0.4, -0.2) is 16.7 Å². The van der Waals surface area contributed by atoms with Crippen molar-refractivity contribution in [3.05, 3.63) is 63.9 Å². The number of carbonyl (C=O) groups is 1. The lowest BCUT2D eigenvalue weighted by molar-refractivity contribution is 0.0696. The predicted octanol–water partition coefficient (Wildman–Crippen LogP) is 4.11. The lowest BCUT2D eigenvalue weighted by atomic mass is 9.91. The summed E-state index contributed by atoms with van der Waals surface area (Å²) in [5.74, 6) is -0.732. The van der Waals surface area contributed by atoms with Gasteiger partial charge in [-0.3, -0.25) is 0 Å². The fourth-order valence-electron chi connectivity index (χ4n) is 2.83. The van der Waals surface area contributed by atoms with Crippen LogP contribution >= 0.6 is 11.6 Å². The van der Waals surface area contributed by atoms with Gasteiger partial charge in [0.1, 0.15) is 17.2 Å². The Morgan fingerprint density at radius 3 is 2.82 bits per heavy atom. The van der Waals surface area contributed by atoms with Crippen LogP contribution in [0.15, 0.2) is 36.4 Å². The molecule has 5 heteroatoms. The Labute approximate surface area is 132 Å². The molecule has 0 aromatic heterocycles. The lowest BCUT2D eigenvalue weighted by Crippen LogP contribution is -2.32. The highest BCUT2D eigenvalue weighted by molar-refractivity contribution is 6.30. The topological polar surface area (TPSA) is 46.5 Å². The third kappa shape index (κ3) is 2.79. The number of halogens is 2. The maximum Gasteiger partial charge on any atom is 0.335 e. The zero-order chi connectivity index (χ0) is 15.9. The maximum atomic E-state index is 13.5. The minimum Gasteiger partial charge on any atom is -0.487 e. The first kappa shape index (κ1) is 14.9. The van der Waals surface area contributed by atoms with E-state index in [4.69, 9.17) is 21.4 Å². The molecule has 0 spiro atoms. The molecule has 0 radical (unpaired) electrons. The molecule has 0 saturated heterocycles. The third-order valence-electron chi connectivity index (χ3n) is 3.79. The van der Waals surface area contributed by atoms with Gasteiger partial charge in [0.2, 0.25) is 0 Å². The Morgan fingerprint density at radius 1 is 1.36 bits per heavy atom. The summed E-state index contributed by atoms with van der Waals surface area (Å²) in [7, 11) is 0. The van der Waals surface area contributed by atoms with Gasteiger partial charge >= 0.3 is 5.97 Å². The quantitative estimate of drug-likeness (QED) is 0.925. The maximum absolute atomic E-state index is 13.5. The minimum absolute atomic E-state index is 0.0932. The smallest absolute Gasteiger partial charge is 0.335 e. The molecule has 1 N–H and O–H groups in total. The van der Waals surface area contributed by atoms with Crippen molar-refractivity contribution >= 4 is 17.6 Å². The Hall–Kier alpha value is -2.07. The molecule has 22 heavy (non-hydrogen) atoms. The molecule has 2 aromatic carbocycles. The van der Waals surface area contributed by atoms with Gasteiger partial charge in [0.15, 0.2) is 0 Å². The number of hydrogen-bond donors (Lipinski definition) is 1. The zero-order valence-electron chi connectivity index (χ0n) is 11.9. The number of aromatic carboxylic acids is 1. The molecule has 1 heterocycles. The van der Waals surface area contributed by atoms with Gasteiger partial charge in [-0.15, -0.1) is 0 Å². The highest BCUT2D eigenvalue weighted by atomic mass is 35.5. The van der Waals surface area contributed by atoms with Crippen molar-refractivity contribution < 1.29 is 19.0 Å². The third-order valence-corrected chi connectivity index (χ3v) is 4.10. The van der Waals surface area contributed by atoms with Crippen molar-refractivity contribution in [1.29, 1.82) is 0 Å². The van der Waals surface area contributed by atoms with Crippen LogP contribution in [0, 0.1) is 5.82 Å². The average Bonchev–Trinajstić information content (AvgIpc) is 2.77. The molecule has 0 bridgehead atoms. The van der Waals surface area contributed by atoms with Crippen LogP contribution < -0.4 is 4.74 Å². The van der Waals surface area contributed by atoms with E-state index < -0.39 is 17.4 Å². The Bertz CT molecular complexity index is 760. The number of benzene rings is 2. The summed E-state index contributed by atoms with van der Waals surface area (Å²) >= 11 is 5.69. The second-order valence-corrected chi connectivity index (χ2v) is 6.19. The van der Waals surface area contributed by atoms with E-state index in [0.29, 0.717) is 18.6 Å². The number of hydrogen-bond acceptors (Lipinski definition) is 2. The van der Waals surface area contributed by atoms with Crippen molar-refractivity contribution in [2.45, 2.75) is 25.4 Å². The van der Waals surface area contributed by atoms with E-state index in [0.717, 1.165) is 11.1 Å². The second kappa shape index (κ2) is 5.29. The van der Waals surface area contributed by atoms with Gasteiger partial charge in [-0.05, 0) is 48.4 Å². The molecule has 1 unspecified atom stereocenters. The van der Waals surface area contributed by atoms with E-state index in [9.17, 15) is 9.18 Å². The Morgan fingerprint density at radius 2 is 2.14 bits per heavy atom. The molecule has 0 fully saturated rings. The highest BCUT2D eigenvalue weighted by Gasteiger charge is 2.35. The van der Waals surface area contributed by atoms with Crippen molar-refractivity contribution in [1.82, 2.24) is 0 Å². The van der Waals surface area contributed by atoms with Crippen molar-refractivity contribution in [3.8, 4) is 5.75 Å². The zero-order valence-corrected chi connectivity index (χ0v) is 12.7. The molecule has 2 aromatic rings. The normalized spacial score (nSPS) is 19.6. The molecule has 114 valence electrons. The summed E-state index contributed by atoms with van der Waals surface area (Å²) in [6.07, 6.45) is 1.09. The van der Waals surface area contributed by atoms with Crippen molar-refractivity contribution in [2.75, 3.05) is 0 Å². The number of carboxylic acid groups (broad SMARTS) is 1. The van der Waals surface area contributed by atoms with Crippen LogP contribution in [0.4, 0.5) is 4.39 Å². The fraction of sp³-hybridized carbons (Fsp3) is 0.235. The first-order valence-electron chi connectivity index (χ1n) is 6.85. The summed E-state index contributed by atoms with van der Waals surface area (Å²) in [4.78, 5) is 11.0. The van der Waals surface area contributed by atoms with Gasteiger partial charge < -0.3 is 9.84 Å². The van der Waals surface area contributed by atoms with Crippen molar-refractivity contribution in [2.24, 2.45) is 0 Å². The van der Waals surface area contributed by atoms with E-state index in [1.807, 2.05) is 6.92 Å². The van der Waals surface area contributed by atoms with Gasteiger partial charge in [0, 0.05) is 12.8 Å². The molecule has 0 amide bonds. The van der Waals surface area contributed by atoms with Crippen LogP contribution in [0.25, 0.3) is 0 Å². The average molecular weight is 321 g/mol. The highest BCUT2D eigenvalue weighted by Crippen LogP contribution is 2.37. The Kier molecular flexibility index (Phi) is 3.57. The fourth-order valence-corrected chi connectivity index (χ4v) is 2.95. The van der Waals surface area contributed by atoms with E-state index in [1.165, 1.54) is 18.2 Å². The number of carboxylic acids is 1. The van der Waals surface area contributed by atoms with Gasteiger partial charge in [-0.1, -0.05) is 17.7 Å². The summed E-state index contributed by atoms with van der Waals surface area (Å²) < 4.78 is 19.5. The molecule has 1 aliphatic rings. The second-order valence-electron chi connectivity index (χ2n) is 5.78. The molecule has 0 aliphatic carbocycles. The summed E-state index contributed by atoms with van der Waals surface area (Å²) in [5.41, 5.74) is 1.36. The van der Waals surface area contributed by atoms with Gasteiger partial charge in [-0.25, -0.2) is 9.18 Å². The van der Waals surface area contributed by atoms with E-state index in [-0.39, 0.29) is 10.6 Å². The monoisotopic (exact) mass is 320 g/mol. The molecular formula is C17H14ClFO3.